The first-order valence-electron chi connectivity index (χ1n) is 7.95. The van der Waals surface area contributed by atoms with Gasteiger partial charge in [-0.3, -0.25) is 0 Å². The van der Waals surface area contributed by atoms with Gasteiger partial charge < -0.3 is 10.2 Å². The van der Waals surface area contributed by atoms with Crippen LogP contribution in [-0.4, -0.2) is 15.2 Å². The summed E-state index contributed by atoms with van der Waals surface area (Å²) in [5.41, 5.74) is 8.69. The molecule has 0 bridgehead atoms. The van der Waals surface area contributed by atoms with E-state index in [9.17, 15) is 0 Å². The van der Waals surface area contributed by atoms with E-state index in [4.69, 9.17) is 15.1 Å². The van der Waals surface area contributed by atoms with Gasteiger partial charge in [-0.15, -0.1) is 16.4 Å². The maximum absolute atomic E-state index is 5.50. The van der Waals surface area contributed by atoms with Crippen LogP contribution in [0.25, 0.3) is 22.0 Å². The minimum Gasteiger partial charge on any atom is -0.404 e. The molecule has 1 fully saturated rings. The van der Waals surface area contributed by atoms with Crippen molar-refractivity contribution in [3.8, 4) is 22.0 Å². The first kappa shape index (κ1) is 14.4. The summed E-state index contributed by atoms with van der Waals surface area (Å²) in [7, 11) is 0. The van der Waals surface area contributed by atoms with Gasteiger partial charge in [0, 0.05) is 22.4 Å². The fourth-order valence-electron chi connectivity index (χ4n) is 3.14. The second-order valence-corrected chi connectivity index (χ2v) is 6.80. The second-order valence-electron chi connectivity index (χ2n) is 5.94. The number of nitrogens with zero attached hydrogens (tertiary/aromatic N) is 3. The molecular formula is C17H18N4OS. The largest absolute Gasteiger partial charge is 0.404 e. The molecule has 1 aliphatic carbocycles. The van der Waals surface area contributed by atoms with E-state index in [0.717, 1.165) is 16.1 Å². The Kier molecular flexibility index (Phi) is 3.83. The molecule has 1 aromatic carbocycles. The quantitative estimate of drug-likeness (QED) is 0.767. The number of benzene rings is 1. The Bertz CT molecular complexity index is 804. The first-order chi connectivity index (χ1) is 11.3. The number of nitrogens with two attached hydrogens (primary N) is 1. The number of hydrogen-bond acceptors (Lipinski definition) is 6. The van der Waals surface area contributed by atoms with Gasteiger partial charge in [-0.25, -0.2) is 4.98 Å². The molecule has 0 unspecified atom stereocenters. The molecule has 3 aromatic rings. The highest BCUT2D eigenvalue weighted by atomic mass is 32.1. The molecule has 2 aromatic heterocycles. The summed E-state index contributed by atoms with van der Waals surface area (Å²) in [6.07, 6.45) is 6.55. The highest BCUT2D eigenvalue weighted by Gasteiger charge is 2.19. The number of nitrogen functional groups attached to an aromatic ring is 1. The minimum absolute atomic E-state index is 0.0826. The number of anilines is 1. The van der Waals surface area contributed by atoms with Crippen LogP contribution in [0.4, 0.5) is 6.01 Å². The molecule has 6 heteroatoms. The van der Waals surface area contributed by atoms with Crippen molar-refractivity contribution in [3.05, 3.63) is 35.3 Å². The van der Waals surface area contributed by atoms with Crippen LogP contribution in [0.1, 0.15) is 43.7 Å². The van der Waals surface area contributed by atoms with E-state index in [1.54, 1.807) is 11.3 Å². The summed E-state index contributed by atoms with van der Waals surface area (Å²) in [5.74, 6) is 1.07. The standard InChI is InChI=1S/C17H18N4OS/c18-17-21-20-15(22-17)12-7-4-8-13(9-12)16-19-14(10-23-16)11-5-2-1-3-6-11/h4,7-11H,1-3,5-6H2,(H2,18,21). The molecule has 1 saturated carbocycles. The molecular weight excluding hydrogens is 308 g/mol. The summed E-state index contributed by atoms with van der Waals surface area (Å²) >= 11 is 1.70. The fourth-order valence-corrected chi connectivity index (χ4v) is 4.04. The maximum Gasteiger partial charge on any atom is 0.313 e. The third kappa shape index (κ3) is 2.99. The Morgan fingerprint density at radius 1 is 1.09 bits per heavy atom. The van der Waals surface area contributed by atoms with Crippen LogP contribution in [0.15, 0.2) is 34.1 Å². The molecule has 2 N–H and O–H groups in total. The van der Waals surface area contributed by atoms with Gasteiger partial charge in [-0.2, -0.15) is 0 Å². The zero-order valence-corrected chi connectivity index (χ0v) is 13.6. The third-order valence-corrected chi connectivity index (χ3v) is 5.25. The van der Waals surface area contributed by atoms with Gasteiger partial charge in [0.25, 0.3) is 0 Å². The van der Waals surface area contributed by atoms with Gasteiger partial charge in [0.15, 0.2) is 0 Å². The molecule has 2 heterocycles. The average molecular weight is 326 g/mol. The minimum atomic E-state index is 0.0826. The summed E-state index contributed by atoms with van der Waals surface area (Å²) in [4.78, 5) is 4.87. The first-order valence-corrected chi connectivity index (χ1v) is 8.83. The lowest BCUT2D eigenvalue weighted by atomic mass is 9.87. The Morgan fingerprint density at radius 2 is 1.91 bits per heavy atom. The van der Waals surface area contributed by atoms with Crippen LogP contribution >= 0.6 is 11.3 Å². The van der Waals surface area contributed by atoms with E-state index in [-0.39, 0.29) is 6.01 Å². The van der Waals surface area contributed by atoms with E-state index in [0.29, 0.717) is 11.8 Å². The highest BCUT2D eigenvalue weighted by Crippen LogP contribution is 2.35. The fraction of sp³-hybridized carbons (Fsp3) is 0.353. The Labute approximate surface area is 138 Å². The van der Waals surface area contributed by atoms with Crippen LogP contribution in [0.3, 0.4) is 0 Å². The van der Waals surface area contributed by atoms with E-state index in [2.05, 4.69) is 21.6 Å². The van der Waals surface area contributed by atoms with Gasteiger partial charge in [0.1, 0.15) is 5.01 Å². The summed E-state index contributed by atoms with van der Waals surface area (Å²) in [6, 6.07) is 8.08. The van der Waals surface area contributed by atoms with Crippen LogP contribution in [0.5, 0.6) is 0 Å². The van der Waals surface area contributed by atoms with Crippen LogP contribution in [0, 0.1) is 0 Å². The van der Waals surface area contributed by atoms with Crippen molar-refractivity contribution in [1.29, 1.82) is 0 Å². The third-order valence-electron chi connectivity index (χ3n) is 4.34. The Hall–Kier alpha value is -2.21. The SMILES string of the molecule is Nc1nnc(-c2cccc(-c3nc(C4CCCCC4)cs3)c2)o1. The molecule has 0 amide bonds. The molecule has 4 rings (SSSR count). The van der Waals surface area contributed by atoms with Crippen molar-refractivity contribution in [2.24, 2.45) is 0 Å². The van der Waals surface area contributed by atoms with Crippen LogP contribution < -0.4 is 5.73 Å². The normalized spacial score (nSPS) is 15.8. The van der Waals surface area contributed by atoms with Gasteiger partial charge in [0.05, 0.1) is 5.69 Å². The van der Waals surface area contributed by atoms with Gasteiger partial charge in [-0.05, 0) is 25.0 Å². The zero-order valence-electron chi connectivity index (χ0n) is 12.7. The molecule has 0 spiro atoms. The monoisotopic (exact) mass is 326 g/mol. The van der Waals surface area contributed by atoms with E-state index >= 15 is 0 Å². The molecule has 5 nitrogen and oxygen atoms in total. The number of aromatic nitrogens is 3. The van der Waals surface area contributed by atoms with Crippen molar-refractivity contribution in [1.82, 2.24) is 15.2 Å². The predicted molar refractivity (Wildman–Crippen MR) is 91.1 cm³/mol. The highest BCUT2D eigenvalue weighted by molar-refractivity contribution is 7.13. The Morgan fingerprint density at radius 3 is 2.70 bits per heavy atom. The van der Waals surface area contributed by atoms with Crippen LogP contribution in [0.2, 0.25) is 0 Å². The lowest BCUT2D eigenvalue weighted by molar-refractivity contribution is 0.438. The topological polar surface area (TPSA) is 77.8 Å². The molecule has 0 aliphatic heterocycles. The number of rotatable bonds is 3. The van der Waals surface area contributed by atoms with Gasteiger partial charge in [-0.1, -0.05) is 36.5 Å². The van der Waals surface area contributed by atoms with Crippen molar-refractivity contribution in [2.45, 2.75) is 38.0 Å². The summed E-state index contributed by atoms with van der Waals surface area (Å²) in [6.45, 7) is 0. The maximum atomic E-state index is 5.50. The van der Waals surface area contributed by atoms with Crippen molar-refractivity contribution >= 4 is 17.4 Å². The van der Waals surface area contributed by atoms with Crippen LogP contribution in [-0.2, 0) is 0 Å². The molecule has 0 radical (unpaired) electrons. The molecule has 118 valence electrons. The molecule has 23 heavy (non-hydrogen) atoms. The molecule has 1 aliphatic rings. The summed E-state index contributed by atoms with van der Waals surface area (Å²) < 4.78 is 5.30. The zero-order chi connectivity index (χ0) is 15.6. The molecule has 0 atom stereocenters. The number of hydrogen-bond donors (Lipinski definition) is 1. The second kappa shape index (κ2) is 6.12. The lowest BCUT2D eigenvalue weighted by Gasteiger charge is -2.19. The van der Waals surface area contributed by atoms with Gasteiger partial charge in [0.2, 0.25) is 5.89 Å². The molecule has 0 saturated heterocycles. The van der Waals surface area contributed by atoms with E-state index < -0.39 is 0 Å². The van der Waals surface area contributed by atoms with E-state index in [1.807, 2.05) is 18.2 Å². The average Bonchev–Trinajstić information content (AvgIpc) is 3.25. The van der Waals surface area contributed by atoms with Crippen molar-refractivity contribution in [2.75, 3.05) is 5.73 Å². The lowest BCUT2D eigenvalue weighted by Crippen LogP contribution is -2.04. The summed E-state index contributed by atoms with van der Waals surface area (Å²) in [5, 5.41) is 10.9. The van der Waals surface area contributed by atoms with Crippen molar-refractivity contribution < 1.29 is 4.42 Å². The van der Waals surface area contributed by atoms with E-state index in [1.165, 1.54) is 37.8 Å². The predicted octanol–water partition coefficient (Wildman–Crippen LogP) is 4.49. The Balaban J connectivity index is 1.62. The van der Waals surface area contributed by atoms with Gasteiger partial charge >= 0.3 is 6.01 Å². The van der Waals surface area contributed by atoms with Crippen molar-refractivity contribution in [3.63, 3.8) is 0 Å². The number of thiazole rings is 1. The smallest absolute Gasteiger partial charge is 0.313 e.